The second-order valence-electron chi connectivity index (χ2n) is 8.16. The summed E-state index contributed by atoms with van der Waals surface area (Å²) >= 11 is 1.31. The van der Waals surface area contributed by atoms with Gasteiger partial charge in [-0.2, -0.15) is 0 Å². The third-order valence-electron chi connectivity index (χ3n) is 5.71. The molecule has 2 amide bonds. The molecule has 0 spiro atoms. The molecule has 2 heterocycles. The zero-order valence-electron chi connectivity index (χ0n) is 19.1. The van der Waals surface area contributed by atoms with Crippen molar-refractivity contribution in [2.45, 2.75) is 18.1 Å². The van der Waals surface area contributed by atoms with Crippen LogP contribution in [0.25, 0.3) is 5.69 Å². The highest BCUT2D eigenvalue weighted by Crippen LogP contribution is 2.26. The average Bonchev–Trinajstić information content (AvgIpc) is 3.28. The van der Waals surface area contributed by atoms with E-state index in [0.29, 0.717) is 24.1 Å². The van der Waals surface area contributed by atoms with Crippen LogP contribution in [0, 0.1) is 5.82 Å². The van der Waals surface area contributed by atoms with Gasteiger partial charge in [-0.05, 0) is 38.2 Å². The van der Waals surface area contributed by atoms with Crippen LogP contribution in [0.15, 0.2) is 59.8 Å². The fourth-order valence-corrected chi connectivity index (χ4v) is 4.59. The Morgan fingerprint density at radius 2 is 1.71 bits per heavy atom. The molecule has 0 unspecified atom stereocenters. The van der Waals surface area contributed by atoms with E-state index in [4.69, 9.17) is 0 Å². The van der Waals surface area contributed by atoms with E-state index in [0.717, 1.165) is 18.8 Å². The van der Waals surface area contributed by atoms with E-state index < -0.39 is 17.8 Å². The minimum absolute atomic E-state index is 0.0347. The fraction of sp³-hybridized carbons (Fsp3) is 0.333. The standard InChI is InChI=1S/C24H27FN6O2S/c1-17(26-23(33)19-10-6-7-11-20(19)25)22-27-28-24(31(22)18-8-4-3-5-9-18)34-16-21(32)30-14-12-29(2)13-15-30/h3-11,17H,12-16H2,1-2H3,(H,26,33)/t17-/m1/s1. The van der Waals surface area contributed by atoms with E-state index >= 15 is 0 Å². The summed E-state index contributed by atoms with van der Waals surface area (Å²) in [5.41, 5.74) is 0.775. The summed E-state index contributed by atoms with van der Waals surface area (Å²) in [5.74, 6) is -0.332. The van der Waals surface area contributed by atoms with Gasteiger partial charge >= 0.3 is 0 Å². The number of halogens is 1. The van der Waals surface area contributed by atoms with Crippen molar-refractivity contribution in [3.8, 4) is 5.69 Å². The number of aromatic nitrogens is 3. The highest BCUT2D eigenvalue weighted by molar-refractivity contribution is 7.99. The van der Waals surface area contributed by atoms with Gasteiger partial charge in [-0.3, -0.25) is 14.2 Å². The molecular formula is C24H27FN6O2S. The summed E-state index contributed by atoms with van der Waals surface area (Å²) in [7, 11) is 2.05. The molecule has 1 fully saturated rings. The van der Waals surface area contributed by atoms with Crippen LogP contribution in [0.2, 0.25) is 0 Å². The molecule has 10 heteroatoms. The van der Waals surface area contributed by atoms with E-state index in [1.807, 2.05) is 46.8 Å². The van der Waals surface area contributed by atoms with E-state index in [2.05, 4.69) is 20.4 Å². The van der Waals surface area contributed by atoms with E-state index in [1.54, 1.807) is 13.0 Å². The smallest absolute Gasteiger partial charge is 0.254 e. The number of carbonyl (C=O) groups is 2. The summed E-state index contributed by atoms with van der Waals surface area (Å²) in [6.07, 6.45) is 0. The summed E-state index contributed by atoms with van der Waals surface area (Å²) < 4.78 is 15.9. The van der Waals surface area contributed by atoms with Crippen molar-refractivity contribution in [1.29, 1.82) is 0 Å². The zero-order chi connectivity index (χ0) is 24.1. The lowest BCUT2D eigenvalue weighted by Gasteiger charge is -2.32. The van der Waals surface area contributed by atoms with Gasteiger partial charge in [0, 0.05) is 31.9 Å². The lowest BCUT2D eigenvalue weighted by molar-refractivity contribution is -0.129. The number of hydrogen-bond donors (Lipinski definition) is 1. The maximum Gasteiger partial charge on any atom is 0.254 e. The van der Waals surface area contributed by atoms with E-state index in [9.17, 15) is 14.0 Å². The van der Waals surface area contributed by atoms with Gasteiger partial charge in [0.15, 0.2) is 11.0 Å². The third kappa shape index (κ3) is 5.45. The molecule has 8 nitrogen and oxygen atoms in total. The lowest BCUT2D eigenvalue weighted by Crippen LogP contribution is -2.47. The van der Waals surface area contributed by atoms with Gasteiger partial charge < -0.3 is 15.1 Å². The van der Waals surface area contributed by atoms with Crippen LogP contribution in [-0.4, -0.2) is 75.4 Å². The maximum absolute atomic E-state index is 14.1. The number of piperazine rings is 1. The minimum Gasteiger partial charge on any atom is -0.342 e. The third-order valence-corrected chi connectivity index (χ3v) is 6.62. The molecule has 1 aliphatic rings. The summed E-state index contributed by atoms with van der Waals surface area (Å²) in [6.45, 7) is 4.92. The predicted octanol–water partition coefficient (Wildman–Crippen LogP) is 2.76. The quantitative estimate of drug-likeness (QED) is 0.522. The zero-order valence-corrected chi connectivity index (χ0v) is 20.0. The van der Waals surface area contributed by atoms with Crippen molar-refractivity contribution < 1.29 is 14.0 Å². The van der Waals surface area contributed by atoms with E-state index in [-0.39, 0.29) is 17.2 Å². The SMILES string of the molecule is C[C@@H](NC(=O)c1ccccc1F)c1nnc(SCC(=O)N2CCN(C)CC2)n1-c1ccccc1. The summed E-state index contributed by atoms with van der Waals surface area (Å²) in [6, 6.07) is 14.8. The van der Waals surface area contributed by atoms with Gasteiger partial charge in [-0.15, -0.1) is 10.2 Å². The highest BCUT2D eigenvalue weighted by atomic mass is 32.2. The number of para-hydroxylation sites is 1. The second-order valence-corrected chi connectivity index (χ2v) is 9.10. The van der Waals surface area contributed by atoms with E-state index in [1.165, 1.54) is 30.0 Å². The molecule has 0 radical (unpaired) electrons. The Kier molecular flexibility index (Phi) is 7.59. The molecule has 34 heavy (non-hydrogen) atoms. The second kappa shape index (κ2) is 10.8. The van der Waals surface area contributed by atoms with Crippen LogP contribution >= 0.6 is 11.8 Å². The summed E-state index contributed by atoms with van der Waals surface area (Å²) in [4.78, 5) is 29.5. The summed E-state index contributed by atoms with van der Waals surface area (Å²) in [5, 5.41) is 12.0. The monoisotopic (exact) mass is 482 g/mol. The number of rotatable bonds is 7. The topological polar surface area (TPSA) is 83.4 Å². The van der Waals surface area contributed by atoms with Crippen molar-refractivity contribution in [1.82, 2.24) is 29.9 Å². The van der Waals surface area contributed by atoms with Crippen LogP contribution in [0.5, 0.6) is 0 Å². The van der Waals surface area contributed by atoms with Crippen LogP contribution in [-0.2, 0) is 4.79 Å². The highest BCUT2D eigenvalue weighted by Gasteiger charge is 2.24. The number of likely N-dealkylation sites (N-methyl/N-ethyl adjacent to an activating group) is 1. The molecule has 3 aromatic rings. The number of hydrogen-bond acceptors (Lipinski definition) is 6. The number of carbonyl (C=O) groups excluding carboxylic acids is 2. The van der Waals surface area contributed by atoms with Gasteiger partial charge in [-0.25, -0.2) is 4.39 Å². The molecule has 1 atom stereocenters. The molecular weight excluding hydrogens is 455 g/mol. The number of benzene rings is 2. The maximum atomic E-state index is 14.1. The molecule has 1 aliphatic heterocycles. The molecule has 1 aromatic heterocycles. The molecule has 178 valence electrons. The first-order chi connectivity index (χ1) is 16.4. The Bertz CT molecular complexity index is 1150. The van der Waals surface area contributed by atoms with Gasteiger partial charge in [0.1, 0.15) is 5.82 Å². The first-order valence-corrected chi connectivity index (χ1v) is 12.1. The fourth-order valence-electron chi connectivity index (χ4n) is 3.73. The Morgan fingerprint density at radius 3 is 2.41 bits per heavy atom. The number of nitrogens with zero attached hydrogens (tertiary/aromatic N) is 5. The molecule has 4 rings (SSSR count). The van der Waals surface area contributed by atoms with Crippen LogP contribution in [0.3, 0.4) is 0 Å². The first-order valence-electron chi connectivity index (χ1n) is 11.1. The molecule has 1 N–H and O–H groups in total. The average molecular weight is 483 g/mol. The molecule has 1 saturated heterocycles. The van der Waals surface area contributed by atoms with Crippen molar-refractivity contribution in [2.75, 3.05) is 39.0 Å². The Hall–Kier alpha value is -3.24. The molecule has 0 saturated carbocycles. The van der Waals surface area contributed by atoms with Crippen molar-refractivity contribution in [2.24, 2.45) is 0 Å². The Morgan fingerprint density at radius 1 is 1.03 bits per heavy atom. The first kappa shape index (κ1) is 23.9. The molecule has 0 bridgehead atoms. The van der Waals surface area contributed by atoms with Gasteiger partial charge in [0.25, 0.3) is 5.91 Å². The normalized spacial score (nSPS) is 15.2. The minimum atomic E-state index is -0.588. The van der Waals surface area contributed by atoms with Crippen LogP contribution in [0.4, 0.5) is 4.39 Å². The van der Waals surface area contributed by atoms with Crippen LogP contribution in [0.1, 0.15) is 29.1 Å². The number of thioether (sulfide) groups is 1. The molecule has 0 aliphatic carbocycles. The van der Waals surface area contributed by atoms with Crippen molar-refractivity contribution >= 4 is 23.6 Å². The van der Waals surface area contributed by atoms with Gasteiger partial charge in [0.05, 0.1) is 17.4 Å². The van der Waals surface area contributed by atoms with Crippen molar-refractivity contribution in [3.05, 3.63) is 71.8 Å². The van der Waals surface area contributed by atoms with Gasteiger partial charge in [-0.1, -0.05) is 42.1 Å². The van der Waals surface area contributed by atoms with Crippen molar-refractivity contribution in [3.63, 3.8) is 0 Å². The predicted molar refractivity (Wildman–Crippen MR) is 128 cm³/mol. The Labute approximate surface area is 202 Å². The largest absolute Gasteiger partial charge is 0.342 e. The number of nitrogens with one attached hydrogen (secondary N) is 1. The van der Waals surface area contributed by atoms with Crippen LogP contribution < -0.4 is 5.32 Å². The van der Waals surface area contributed by atoms with Gasteiger partial charge in [0.2, 0.25) is 5.91 Å². The lowest BCUT2D eigenvalue weighted by atomic mass is 10.2. The molecule has 2 aromatic carbocycles. The Balaban J connectivity index is 1.53. The number of amides is 2.